The van der Waals surface area contributed by atoms with E-state index in [2.05, 4.69) is 15.6 Å². The van der Waals surface area contributed by atoms with Gasteiger partial charge in [-0.3, -0.25) is 0 Å². The summed E-state index contributed by atoms with van der Waals surface area (Å²) < 4.78 is 7.68. The average Bonchev–Trinajstić information content (AvgIpc) is 3.03. The molecule has 0 spiro atoms. The maximum Gasteiger partial charge on any atom is 0.146 e. The van der Waals surface area contributed by atoms with Gasteiger partial charge in [-0.1, -0.05) is 6.07 Å². The van der Waals surface area contributed by atoms with Crippen LogP contribution in [0.15, 0.2) is 18.2 Å². The summed E-state index contributed by atoms with van der Waals surface area (Å²) in [6.07, 6.45) is 1.19. The van der Waals surface area contributed by atoms with Crippen molar-refractivity contribution in [2.24, 2.45) is 0 Å². The quantitative estimate of drug-likeness (QED) is 0.807. The molecule has 0 amide bonds. The summed E-state index contributed by atoms with van der Waals surface area (Å²) in [5.41, 5.74) is 2.06. The van der Waals surface area contributed by atoms with Crippen LogP contribution in [0.1, 0.15) is 18.3 Å². The number of ether oxygens (including phenoxy) is 1. The molecule has 0 bridgehead atoms. The van der Waals surface area contributed by atoms with E-state index in [0.29, 0.717) is 11.9 Å². The van der Waals surface area contributed by atoms with Gasteiger partial charge in [-0.05, 0) is 24.3 Å². The molecule has 1 aromatic carbocycles. The molecule has 2 heterocycles. The van der Waals surface area contributed by atoms with Crippen LogP contribution in [0.4, 0.5) is 0 Å². The van der Waals surface area contributed by atoms with Gasteiger partial charge in [0.1, 0.15) is 17.1 Å². The van der Waals surface area contributed by atoms with Crippen molar-refractivity contribution in [3.8, 4) is 5.75 Å². The maximum absolute atomic E-state index is 6.05. The number of hydrogen-bond donors (Lipinski definition) is 0. The number of thioether (sulfide) groups is 1. The predicted molar refractivity (Wildman–Crippen MR) is 76.8 cm³/mol. The minimum Gasteiger partial charge on any atom is -0.494 e. The van der Waals surface area contributed by atoms with Crippen LogP contribution in [0.5, 0.6) is 5.75 Å². The molecule has 1 atom stereocenters. The van der Waals surface area contributed by atoms with Gasteiger partial charge in [-0.15, -0.1) is 11.6 Å². The second kappa shape index (κ2) is 5.02. The largest absolute Gasteiger partial charge is 0.494 e. The smallest absolute Gasteiger partial charge is 0.146 e. The minimum atomic E-state index is 0.443. The number of halogens is 1. The summed E-state index contributed by atoms with van der Waals surface area (Å²) in [5, 5.41) is 0. The van der Waals surface area contributed by atoms with Gasteiger partial charge < -0.3 is 9.30 Å². The fraction of sp³-hybridized carbons (Fsp3) is 0.462. The van der Waals surface area contributed by atoms with Crippen molar-refractivity contribution in [1.29, 1.82) is 0 Å². The van der Waals surface area contributed by atoms with Gasteiger partial charge >= 0.3 is 0 Å². The maximum atomic E-state index is 6.05. The van der Waals surface area contributed by atoms with E-state index in [1.54, 1.807) is 7.11 Å². The van der Waals surface area contributed by atoms with Crippen molar-refractivity contribution in [3.05, 3.63) is 24.0 Å². The van der Waals surface area contributed by atoms with E-state index in [0.717, 1.165) is 28.4 Å². The normalized spacial score (nSPS) is 19.6. The van der Waals surface area contributed by atoms with Crippen LogP contribution in [-0.2, 0) is 5.88 Å². The number of methoxy groups -OCH3 is 1. The Morgan fingerprint density at radius 3 is 3.11 bits per heavy atom. The molecular weight excluding hydrogens is 268 g/mol. The molecular formula is C13H15ClN2OS. The predicted octanol–water partition coefficient (Wildman–Crippen LogP) is 3.46. The molecule has 1 fully saturated rings. The standard InChI is InChI=1S/C13H15ClN2OS/c1-17-11-4-2-3-10-13(11)15-12(7-14)16(10)9-5-6-18-8-9/h2-4,9H,5-8H2,1H3. The summed E-state index contributed by atoms with van der Waals surface area (Å²) in [5.74, 6) is 4.58. The first-order chi connectivity index (χ1) is 8.85. The van der Waals surface area contributed by atoms with Gasteiger partial charge in [0.05, 0.1) is 18.5 Å². The lowest BCUT2D eigenvalue weighted by Gasteiger charge is -2.14. The van der Waals surface area contributed by atoms with E-state index >= 15 is 0 Å². The monoisotopic (exact) mass is 282 g/mol. The van der Waals surface area contributed by atoms with Crippen molar-refractivity contribution < 1.29 is 4.74 Å². The van der Waals surface area contributed by atoms with E-state index in [-0.39, 0.29) is 0 Å². The molecule has 1 aliphatic rings. The second-order valence-corrected chi connectivity index (χ2v) is 5.79. The summed E-state index contributed by atoms with van der Waals surface area (Å²) in [6, 6.07) is 6.57. The number of nitrogens with zero attached hydrogens (tertiary/aromatic N) is 2. The number of para-hydroxylation sites is 1. The van der Waals surface area contributed by atoms with Crippen molar-refractivity contribution in [1.82, 2.24) is 9.55 Å². The molecule has 5 heteroatoms. The zero-order valence-corrected chi connectivity index (χ0v) is 11.8. The number of aromatic nitrogens is 2. The number of alkyl halides is 1. The average molecular weight is 283 g/mol. The molecule has 1 aromatic heterocycles. The lowest BCUT2D eigenvalue weighted by Crippen LogP contribution is -2.10. The fourth-order valence-corrected chi connectivity index (χ4v) is 3.91. The zero-order valence-electron chi connectivity index (χ0n) is 10.2. The molecule has 0 saturated carbocycles. The van der Waals surface area contributed by atoms with Crippen LogP contribution in [0, 0.1) is 0 Å². The number of hydrogen-bond acceptors (Lipinski definition) is 3. The Balaban J connectivity index is 2.21. The molecule has 3 rings (SSSR count). The molecule has 96 valence electrons. The molecule has 2 aromatic rings. The molecule has 1 unspecified atom stereocenters. The Bertz CT molecular complexity index is 563. The third-order valence-electron chi connectivity index (χ3n) is 3.37. The van der Waals surface area contributed by atoms with Crippen LogP contribution in [0.25, 0.3) is 11.0 Å². The Hall–Kier alpha value is -0.870. The van der Waals surface area contributed by atoms with Gasteiger partial charge in [0, 0.05) is 11.8 Å². The number of rotatable bonds is 3. The lowest BCUT2D eigenvalue weighted by atomic mass is 10.2. The van der Waals surface area contributed by atoms with Gasteiger partial charge in [-0.25, -0.2) is 4.98 Å². The highest BCUT2D eigenvalue weighted by Crippen LogP contribution is 2.35. The third-order valence-corrected chi connectivity index (χ3v) is 4.75. The Kier molecular flexibility index (Phi) is 3.39. The Morgan fingerprint density at radius 1 is 1.56 bits per heavy atom. The molecule has 1 aliphatic heterocycles. The topological polar surface area (TPSA) is 27.1 Å². The van der Waals surface area contributed by atoms with Crippen molar-refractivity contribution in [2.45, 2.75) is 18.3 Å². The Labute approximate surface area is 115 Å². The molecule has 0 aliphatic carbocycles. The molecule has 1 saturated heterocycles. The second-order valence-electron chi connectivity index (χ2n) is 4.38. The van der Waals surface area contributed by atoms with Crippen LogP contribution in [0.2, 0.25) is 0 Å². The van der Waals surface area contributed by atoms with Crippen molar-refractivity contribution in [3.63, 3.8) is 0 Å². The third kappa shape index (κ3) is 1.88. The molecule has 0 N–H and O–H groups in total. The number of benzene rings is 1. The number of fused-ring (bicyclic) bond motifs is 1. The lowest BCUT2D eigenvalue weighted by molar-refractivity contribution is 0.419. The van der Waals surface area contributed by atoms with Gasteiger partial charge in [-0.2, -0.15) is 11.8 Å². The van der Waals surface area contributed by atoms with Crippen molar-refractivity contribution >= 4 is 34.4 Å². The van der Waals surface area contributed by atoms with E-state index < -0.39 is 0 Å². The molecule has 0 radical (unpaired) electrons. The summed E-state index contributed by atoms with van der Waals surface area (Å²) >= 11 is 8.04. The minimum absolute atomic E-state index is 0.443. The Morgan fingerprint density at radius 2 is 2.44 bits per heavy atom. The summed E-state index contributed by atoms with van der Waals surface area (Å²) in [6.45, 7) is 0. The van der Waals surface area contributed by atoms with Crippen LogP contribution in [0.3, 0.4) is 0 Å². The highest BCUT2D eigenvalue weighted by Gasteiger charge is 2.23. The highest BCUT2D eigenvalue weighted by molar-refractivity contribution is 7.99. The van der Waals surface area contributed by atoms with Gasteiger partial charge in [0.2, 0.25) is 0 Å². The van der Waals surface area contributed by atoms with Crippen LogP contribution < -0.4 is 4.74 Å². The van der Waals surface area contributed by atoms with E-state index in [9.17, 15) is 0 Å². The first-order valence-corrected chi connectivity index (χ1v) is 7.71. The number of imidazole rings is 1. The van der Waals surface area contributed by atoms with Gasteiger partial charge in [0.25, 0.3) is 0 Å². The first kappa shape index (κ1) is 12.2. The zero-order chi connectivity index (χ0) is 12.5. The fourth-order valence-electron chi connectivity index (χ4n) is 2.53. The van der Waals surface area contributed by atoms with E-state index in [4.69, 9.17) is 16.3 Å². The summed E-state index contributed by atoms with van der Waals surface area (Å²) in [4.78, 5) is 4.64. The van der Waals surface area contributed by atoms with E-state index in [1.165, 1.54) is 12.2 Å². The van der Waals surface area contributed by atoms with Crippen LogP contribution >= 0.6 is 23.4 Å². The SMILES string of the molecule is COc1cccc2c1nc(CCl)n2C1CCSC1. The molecule has 3 nitrogen and oxygen atoms in total. The van der Waals surface area contributed by atoms with E-state index in [1.807, 2.05) is 23.9 Å². The molecule has 18 heavy (non-hydrogen) atoms. The highest BCUT2D eigenvalue weighted by atomic mass is 35.5. The van der Waals surface area contributed by atoms with Gasteiger partial charge in [0.15, 0.2) is 0 Å². The van der Waals surface area contributed by atoms with Crippen molar-refractivity contribution in [2.75, 3.05) is 18.6 Å². The van der Waals surface area contributed by atoms with Crippen LogP contribution in [-0.4, -0.2) is 28.2 Å². The summed E-state index contributed by atoms with van der Waals surface area (Å²) in [7, 11) is 1.68. The first-order valence-electron chi connectivity index (χ1n) is 6.02.